The van der Waals surface area contributed by atoms with Crippen LogP contribution in [0, 0.1) is 5.92 Å². The topological polar surface area (TPSA) is 12.5 Å². The van der Waals surface area contributed by atoms with E-state index in [1.807, 2.05) is 7.11 Å². The summed E-state index contributed by atoms with van der Waals surface area (Å²) >= 11 is 0. The molecule has 78 valence electrons. The average molecular weight is 185 g/mol. The van der Waals surface area contributed by atoms with Crippen molar-refractivity contribution in [3.8, 4) is 0 Å². The van der Waals surface area contributed by atoms with Gasteiger partial charge in [0.15, 0.2) is 0 Å². The van der Waals surface area contributed by atoms with Gasteiger partial charge in [-0.05, 0) is 52.2 Å². The summed E-state index contributed by atoms with van der Waals surface area (Å²) in [6.45, 7) is 10.3. The van der Waals surface area contributed by atoms with Crippen LogP contribution in [0.15, 0.2) is 0 Å². The van der Waals surface area contributed by atoms with Crippen LogP contribution in [0.4, 0.5) is 0 Å². The van der Waals surface area contributed by atoms with Gasteiger partial charge >= 0.3 is 0 Å². The zero-order valence-electron chi connectivity index (χ0n) is 9.47. The van der Waals surface area contributed by atoms with Crippen molar-refractivity contribution in [1.29, 1.82) is 0 Å². The molecule has 1 saturated heterocycles. The smallest absolute Gasteiger partial charge is 0.0651 e. The molecule has 13 heavy (non-hydrogen) atoms. The molecule has 1 fully saturated rings. The second kappa shape index (κ2) is 4.43. The van der Waals surface area contributed by atoms with Crippen LogP contribution in [0.5, 0.6) is 0 Å². The number of nitrogens with zero attached hydrogens (tertiary/aromatic N) is 1. The van der Waals surface area contributed by atoms with Crippen molar-refractivity contribution in [3.63, 3.8) is 0 Å². The Bertz CT molecular complexity index is 148. The molecule has 0 N–H and O–H groups in total. The molecule has 1 aliphatic heterocycles. The normalized spacial score (nSPS) is 22.2. The summed E-state index contributed by atoms with van der Waals surface area (Å²) in [6, 6.07) is 0. The largest absolute Gasteiger partial charge is 0.379 e. The third-order valence-electron chi connectivity index (χ3n) is 3.54. The third kappa shape index (κ3) is 2.68. The highest BCUT2D eigenvalue weighted by atomic mass is 16.5. The van der Waals surface area contributed by atoms with E-state index in [0.717, 1.165) is 5.92 Å². The molecule has 0 atom stereocenters. The van der Waals surface area contributed by atoms with E-state index in [2.05, 4.69) is 25.7 Å². The lowest BCUT2D eigenvalue weighted by atomic mass is 9.83. The van der Waals surface area contributed by atoms with Gasteiger partial charge in [-0.2, -0.15) is 0 Å². The van der Waals surface area contributed by atoms with E-state index in [1.54, 1.807) is 0 Å². The van der Waals surface area contributed by atoms with E-state index in [-0.39, 0.29) is 5.60 Å². The first-order chi connectivity index (χ1) is 6.10. The fourth-order valence-corrected chi connectivity index (χ4v) is 2.11. The Morgan fingerprint density at radius 2 is 1.85 bits per heavy atom. The summed E-state index contributed by atoms with van der Waals surface area (Å²) in [5.74, 6) is 0.736. The maximum atomic E-state index is 5.53. The van der Waals surface area contributed by atoms with Gasteiger partial charge in [0.25, 0.3) is 0 Å². The zero-order valence-corrected chi connectivity index (χ0v) is 9.47. The Balaban J connectivity index is 2.40. The maximum Gasteiger partial charge on any atom is 0.0651 e. The fraction of sp³-hybridized carbons (Fsp3) is 1.00. The first-order valence-corrected chi connectivity index (χ1v) is 5.37. The lowest BCUT2D eigenvalue weighted by molar-refractivity contribution is -0.0481. The van der Waals surface area contributed by atoms with Gasteiger partial charge in [-0.25, -0.2) is 0 Å². The van der Waals surface area contributed by atoms with Crippen LogP contribution in [0.25, 0.3) is 0 Å². The summed E-state index contributed by atoms with van der Waals surface area (Å²) in [5, 5.41) is 0. The third-order valence-corrected chi connectivity index (χ3v) is 3.54. The second-order valence-electron chi connectivity index (χ2n) is 4.52. The number of methoxy groups -OCH3 is 1. The molecule has 1 aliphatic rings. The van der Waals surface area contributed by atoms with E-state index in [1.165, 1.54) is 32.5 Å². The van der Waals surface area contributed by atoms with Crippen molar-refractivity contribution >= 4 is 0 Å². The zero-order chi connectivity index (χ0) is 9.90. The van der Waals surface area contributed by atoms with Gasteiger partial charge < -0.3 is 9.64 Å². The summed E-state index contributed by atoms with van der Waals surface area (Å²) in [4.78, 5) is 2.52. The van der Waals surface area contributed by atoms with Crippen LogP contribution in [-0.4, -0.2) is 37.2 Å². The van der Waals surface area contributed by atoms with E-state index in [4.69, 9.17) is 4.74 Å². The lowest BCUT2D eigenvalue weighted by Crippen LogP contribution is -2.42. The van der Waals surface area contributed by atoms with Crippen LogP contribution in [-0.2, 0) is 4.74 Å². The minimum Gasteiger partial charge on any atom is -0.379 e. The van der Waals surface area contributed by atoms with Gasteiger partial charge in [0.05, 0.1) is 5.60 Å². The van der Waals surface area contributed by atoms with E-state index < -0.39 is 0 Å². The predicted molar refractivity (Wildman–Crippen MR) is 55.9 cm³/mol. The minimum absolute atomic E-state index is 0.0693. The number of rotatable bonds is 3. The predicted octanol–water partition coefficient (Wildman–Crippen LogP) is 2.14. The second-order valence-corrected chi connectivity index (χ2v) is 4.52. The molecule has 0 aromatic rings. The average Bonchev–Trinajstić information content (AvgIpc) is 2.18. The van der Waals surface area contributed by atoms with Crippen LogP contribution < -0.4 is 0 Å². The van der Waals surface area contributed by atoms with Crippen LogP contribution in [0.1, 0.15) is 33.6 Å². The molecule has 0 saturated carbocycles. The molecule has 1 heterocycles. The Hall–Kier alpha value is -0.0800. The number of likely N-dealkylation sites (tertiary alicyclic amines) is 1. The van der Waals surface area contributed by atoms with Crippen molar-refractivity contribution in [1.82, 2.24) is 4.90 Å². The molecule has 0 aromatic heterocycles. The molecular weight excluding hydrogens is 162 g/mol. The van der Waals surface area contributed by atoms with Gasteiger partial charge in [-0.1, -0.05) is 6.92 Å². The SMILES string of the molecule is CCN1CCC(C(C)(C)OC)CC1. The number of hydrogen-bond donors (Lipinski definition) is 0. The molecule has 0 aromatic carbocycles. The lowest BCUT2D eigenvalue weighted by Gasteiger charge is -2.39. The minimum atomic E-state index is 0.0693. The molecule has 0 amide bonds. The highest BCUT2D eigenvalue weighted by Gasteiger charge is 2.31. The number of ether oxygens (including phenoxy) is 1. The van der Waals surface area contributed by atoms with Gasteiger partial charge in [0, 0.05) is 7.11 Å². The highest BCUT2D eigenvalue weighted by Crippen LogP contribution is 2.30. The van der Waals surface area contributed by atoms with Gasteiger partial charge in [-0.15, -0.1) is 0 Å². The maximum absolute atomic E-state index is 5.53. The molecule has 0 bridgehead atoms. The van der Waals surface area contributed by atoms with E-state index >= 15 is 0 Å². The summed E-state index contributed by atoms with van der Waals surface area (Å²) in [5.41, 5.74) is 0.0693. The molecule has 2 heteroatoms. The molecule has 1 rings (SSSR count). The number of hydrogen-bond acceptors (Lipinski definition) is 2. The van der Waals surface area contributed by atoms with Crippen LogP contribution in [0.2, 0.25) is 0 Å². The Kier molecular flexibility index (Phi) is 3.74. The van der Waals surface area contributed by atoms with Crippen molar-refractivity contribution < 1.29 is 4.74 Å². The fourth-order valence-electron chi connectivity index (χ4n) is 2.11. The first-order valence-electron chi connectivity index (χ1n) is 5.37. The van der Waals surface area contributed by atoms with Gasteiger partial charge in [0.1, 0.15) is 0 Å². The number of piperidine rings is 1. The monoisotopic (exact) mass is 185 g/mol. The summed E-state index contributed by atoms with van der Waals surface area (Å²) in [6.07, 6.45) is 2.57. The molecule has 0 radical (unpaired) electrons. The van der Waals surface area contributed by atoms with Crippen molar-refractivity contribution in [3.05, 3.63) is 0 Å². The van der Waals surface area contributed by atoms with E-state index in [9.17, 15) is 0 Å². The first kappa shape index (κ1) is 11.0. The van der Waals surface area contributed by atoms with Crippen molar-refractivity contribution in [2.45, 2.75) is 39.2 Å². The highest BCUT2D eigenvalue weighted by molar-refractivity contribution is 4.83. The van der Waals surface area contributed by atoms with Gasteiger partial charge in [0.2, 0.25) is 0 Å². The molecule has 0 aliphatic carbocycles. The Morgan fingerprint density at radius 1 is 1.31 bits per heavy atom. The Labute approximate surface area is 82.3 Å². The molecule has 0 unspecified atom stereocenters. The standard InChI is InChI=1S/C11H23NO/c1-5-12-8-6-10(7-9-12)11(2,3)13-4/h10H,5-9H2,1-4H3. The van der Waals surface area contributed by atoms with Crippen LogP contribution >= 0.6 is 0 Å². The molecule has 2 nitrogen and oxygen atoms in total. The quantitative estimate of drug-likeness (QED) is 0.668. The van der Waals surface area contributed by atoms with Crippen LogP contribution in [0.3, 0.4) is 0 Å². The van der Waals surface area contributed by atoms with Crippen molar-refractivity contribution in [2.75, 3.05) is 26.7 Å². The van der Waals surface area contributed by atoms with E-state index in [0.29, 0.717) is 0 Å². The molecule has 0 spiro atoms. The molecular formula is C11H23NO. The summed E-state index contributed by atoms with van der Waals surface area (Å²) < 4.78 is 5.53. The van der Waals surface area contributed by atoms with Gasteiger partial charge in [-0.3, -0.25) is 0 Å². The Morgan fingerprint density at radius 3 is 2.23 bits per heavy atom. The van der Waals surface area contributed by atoms with Crippen molar-refractivity contribution in [2.24, 2.45) is 5.92 Å². The summed E-state index contributed by atoms with van der Waals surface area (Å²) in [7, 11) is 1.83.